The summed E-state index contributed by atoms with van der Waals surface area (Å²) in [6, 6.07) is 86.6. The fraction of sp³-hybridized carbons (Fsp3) is 0. The van der Waals surface area contributed by atoms with Gasteiger partial charge in [0.1, 0.15) is 0 Å². The smallest absolute Gasteiger partial charge is 0.0555 e. The summed E-state index contributed by atoms with van der Waals surface area (Å²) in [5.41, 5.74) is 15.6. The number of hydrogen-bond donors (Lipinski definition) is 0. The Bertz CT molecular complexity index is 3590. The lowest BCUT2D eigenvalue weighted by molar-refractivity contribution is 1.31. The van der Waals surface area contributed by atoms with Gasteiger partial charge in [0.25, 0.3) is 0 Å². The number of thiophene rings is 2. The molecular formula is C60H39NS2. The molecule has 0 spiro atoms. The summed E-state index contributed by atoms with van der Waals surface area (Å²) in [6.07, 6.45) is 0. The van der Waals surface area contributed by atoms with Crippen LogP contribution in [0.3, 0.4) is 0 Å². The maximum atomic E-state index is 2.50. The van der Waals surface area contributed by atoms with Crippen LogP contribution in [0.4, 0.5) is 17.1 Å². The van der Waals surface area contributed by atoms with Crippen molar-refractivity contribution in [3.05, 3.63) is 237 Å². The van der Waals surface area contributed by atoms with Gasteiger partial charge in [0, 0.05) is 51.7 Å². The third kappa shape index (κ3) is 6.79. The molecule has 0 bridgehead atoms. The maximum Gasteiger partial charge on any atom is 0.0555 e. The molecule has 1 nitrogen and oxygen atoms in total. The first-order chi connectivity index (χ1) is 31.2. The molecule has 3 heteroatoms. The largest absolute Gasteiger partial charge is 0.310 e. The number of rotatable bonds is 8. The fourth-order valence-electron chi connectivity index (χ4n) is 9.16. The van der Waals surface area contributed by atoms with E-state index >= 15 is 0 Å². The lowest BCUT2D eigenvalue weighted by Crippen LogP contribution is -2.10. The average Bonchev–Trinajstić information content (AvgIpc) is 3.93. The van der Waals surface area contributed by atoms with Crippen molar-refractivity contribution >= 4 is 80.1 Å². The van der Waals surface area contributed by atoms with E-state index in [2.05, 4.69) is 241 Å². The van der Waals surface area contributed by atoms with E-state index in [0.29, 0.717) is 0 Å². The quantitative estimate of drug-likeness (QED) is 0.147. The van der Waals surface area contributed by atoms with Gasteiger partial charge < -0.3 is 4.90 Å². The van der Waals surface area contributed by atoms with Crippen molar-refractivity contribution in [1.29, 1.82) is 0 Å². The molecule has 296 valence electrons. The van der Waals surface area contributed by atoms with Crippen LogP contribution in [-0.2, 0) is 0 Å². The molecule has 63 heavy (non-hydrogen) atoms. The van der Waals surface area contributed by atoms with Gasteiger partial charge in [-0.25, -0.2) is 0 Å². The minimum atomic E-state index is 1.11. The highest BCUT2D eigenvalue weighted by atomic mass is 32.1. The van der Waals surface area contributed by atoms with Gasteiger partial charge in [-0.2, -0.15) is 0 Å². The molecule has 0 aliphatic heterocycles. The van der Waals surface area contributed by atoms with E-state index in [1.54, 1.807) is 0 Å². The summed E-state index contributed by atoms with van der Waals surface area (Å²) in [4.78, 5) is 2.50. The number of nitrogens with zero attached hydrogens (tertiary/aromatic N) is 1. The number of hydrogen-bond acceptors (Lipinski definition) is 3. The average molecular weight is 838 g/mol. The van der Waals surface area contributed by atoms with E-state index in [-0.39, 0.29) is 0 Å². The predicted molar refractivity (Wildman–Crippen MR) is 274 cm³/mol. The van der Waals surface area contributed by atoms with Crippen LogP contribution in [0.5, 0.6) is 0 Å². The third-order valence-corrected chi connectivity index (χ3v) is 14.6. The SMILES string of the molecule is c1ccc(-c2ccc(-c3cccc(N(c4ccc5sc6cc(-c7ccccc7)ccc6c5c4)c4ccc(-c5ccccc5)c5sc6cc(-c7ccccc7)ccc6c45)c3)cc2)cc1. The van der Waals surface area contributed by atoms with Gasteiger partial charge in [0.2, 0.25) is 0 Å². The van der Waals surface area contributed by atoms with Crippen LogP contribution in [-0.4, -0.2) is 0 Å². The molecule has 0 aliphatic rings. The van der Waals surface area contributed by atoms with Gasteiger partial charge >= 0.3 is 0 Å². The Kier molecular flexibility index (Phi) is 9.29. The lowest BCUT2D eigenvalue weighted by atomic mass is 9.98. The molecule has 0 radical (unpaired) electrons. The molecular weight excluding hydrogens is 799 g/mol. The van der Waals surface area contributed by atoms with Crippen LogP contribution in [0.2, 0.25) is 0 Å². The maximum absolute atomic E-state index is 2.50. The predicted octanol–water partition coefficient (Wildman–Crippen LogP) is 18.2. The molecule has 0 saturated heterocycles. The molecule has 0 fully saturated rings. The Morgan fingerprint density at radius 1 is 0.270 bits per heavy atom. The third-order valence-electron chi connectivity index (χ3n) is 12.3. The van der Waals surface area contributed by atoms with E-state index in [9.17, 15) is 0 Å². The molecule has 0 N–H and O–H groups in total. The Labute approximate surface area is 375 Å². The molecule has 10 aromatic carbocycles. The van der Waals surface area contributed by atoms with Crippen LogP contribution >= 0.6 is 22.7 Å². The van der Waals surface area contributed by atoms with E-state index in [1.807, 2.05) is 22.7 Å². The number of fused-ring (bicyclic) bond motifs is 6. The van der Waals surface area contributed by atoms with Gasteiger partial charge in [-0.1, -0.05) is 188 Å². The normalized spacial score (nSPS) is 11.5. The van der Waals surface area contributed by atoms with E-state index in [4.69, 9.17) is 0 Å². The molecule has 0 aliphatic carbocycles. The first kappa shape index (κ1) is 37.2. The second-order valence-corrected chi connectivity index (χ2v) is 18.2. The monoisotopic (exact) mass is 837 g/mol. The molecule has 0 unspecified atom stereocenters. The van der Waals surface area contributed by atoms with Crippen molar-refractivity contribution in [2.75, 3.05) is 4.90 Å². The lowest BCUT2D eigenvalue weighted by Gasteiger charge is -2.27. The van der Waals surface area contributed by atoms with Crippen molar-refractivity contribution in [2.45, 2.75) is 0 Å². The summed E-state index contributed by atoms with van der Waals surface area (Å²) in [7, 11) is 0. The van der Waals surface area contributed by atoms with Crippen molar-refractivity contribution in [3.8, 4) is 55.6 Å². The molecule has 0 atom stereocenters. The second-order valence-electron chi connectivity index (χ2n) is 16.1. The van der Waals surface area contributed by atoms with Crippen LogP contribution in [0, 0.1) is 0 Å². The minimum Gasteiger partial charge on any atom is -0.310 e. The van der Waals surface area contributed by atoms with Gasteiger partial charge in [-0.15, -0.1) is 22.7 Å². The highest BCUT2D eigenvalue weighted by Crippen LogP contribution is 2.50. The zero-order valence-electron chi connectivity index (χ0n) is 34.3. The van der Waals surface area contributed by atoms with E-state index in [1.165, 1.54) is 96.0 Å². The first-order valence-corrected chi connectivity index (χ1v) is 23.0. The highest BCUT2D eigenvalue weighted by molar-refractivity contribution is 7.26. The Morgan fingerprint density at radius 2 is 0.746 bits per heavy atom. The van der Waals surface area contributed by atoms with Crippen LogP contribution < -0.4 is 4.90 Å². The van der Waals surface area contributed by atoms with E-state index < -0.39 is 0 Å². The standard InChI is InChI=1S/C60H39NS2/c1-5-14-40(15-6-1)43-24-26-44(27-25-43)46-22-13-23-49(36-46)61(50-30-35-56-54(39-50)52-31-28-47(37-57(52)62-56)41-16-7-2-8-17-41)55-34-33-51(45-20-11-4-12-21-45)60-59(55)53-32-29-48(38-58(53)63-60)42-18-9-3-10-19-42/h1-39H. The van der Waals surface area contributed by atoms with Crippen molar-refractivity contribution in [1.82, 2.24) is 0 Å². The minimum absolute atomic E-state index is 1.11. The van der Waals surface area contributed by atoms with Gasteiger partial charge in [-0.3, -0.25) is 0 Å². The molecule has 12 aromatic rings. The van der Waals surface area contributed by atoms with Crippen molar-refractivity contribution < 1.29 is 0 Å². The molecule has 2 aromatic heterocycles. The fourth-order valence-corrected chi connectivity index (χ4v) is 11.6. The Balaban J connectivity index is 1.07. The van der Waals surface area contributed by atoms with Gasteiger partial charge in [-0.05, 0) is 104 Å². The summed E-state index contributed by atoms with van der Waals surface area (Å²) in [6.45, 7) is 0. The summed E-state index contributed by atoms with van der Waals surface area (Å²) >= 11 is 3.76. The van der Waals surface area contributed by atoms with Crippen LogP contribution in [0.15, 0.2) is 237 Å². The van der Waals surface area contributed by atoms with Gasteiger partial charge in [0.05, 0.1) is 5.69 Å². The van der Waals surface area contributed by atoms with Gasteiger partial charge in [0.15, 0.2) is 0 Å². The Morgan fingerprint density at radius 3 is 1.38 bits per heavy atom. The zero-order chi connectivity index (χ0) is 41.7. The Hall–Kier alpha value is -7.56. The zero-order valence-corrected chi connectivity index (χ0v) is 35.9. The second kappa shape index (κ2) is 15.7. The summed E-state index contributed by atoms with van der Waals surface area (Å²) in [5, 5.41) is 5.07. The number of anilines is 3. The van der Waals surface area contributed by atoms with Crippen LogP contribution in [0.25, 0.3) is 96.0 Å². The molecule has 0 saturated carbocycles. The van der Waals surface area contributed by atoms with Crippen LogP contribution in [0.1, 0.15) is 0 Å². The van der Waals surface area contributed by atoms with Crippen molar-refractivity contribution in [3.63, 3.8) is 0 Å². The molecule has 0 amide bonds. The first-order valence-electron chi connectivity index (χ1n) is 21.4. The number of benzene rings is 10. The van der Waals surface area contributed by atoms with E-state index in [0.717, 1.165) is 17.1 Å². The highest BCUT2D eigenvalue weighted by Gasteiger charge is 2.23. The topological polar surface area (TPSA) is 3.24 Å². The summed E-state index contributed by atoms with van der Waals surface area (Å²) in [5.74, 6) is 0. The summed E-state index contributed by atoms with van der Waals surface area (Å²) < 4.78 is 5.14. The van der Waals surface area contributed by atoms with Crippen molar-refractivity contribution in [2.24, 2.45) is 0 Å². The molecule has 2 heterocycles. The molecule has 12 rings (SSSR count).